The third kappa shape index (κ3) is 2.51. The molecule has 2 saturated heterocycles. The Morgan fingerprint density at radius 2 is 2.29 bits per heavy atom. The molecule has 1 N–H and O–H groups in total. The number of thioether (sulfide) groups is 1. The predicted octanol–water partition coefficient (Wildman–Crippen LogP) is 1.61. The van der Waals surface area contributed by atoms with Crippen molar-refractivity contribution in [2.24, 2.45) is 0 Å². The van der Waals surface area contributed by atoms with Crippen LogP contribution in [0.3, 0.4) is 0 Å². The van der Waals surface area contributed by atoms with Crippen LogP contribution in [0, 0.1) is 0 Å². The molecule has 0 aromatic carbocycles. The average molecular weight is 253 g/mol. The summed E-state index contributed by atoms with van der Waals surface area (Å²) < 4.78 is 8.17. The molecule has 5 heteroatoms. The fourth-order valence-electron chi connectivity index (χ4n) is 2.59. The minimum Gasteiger partial charge on any atom is -0.369 e. The minimum absolute atomic E-state index is 0.181. The highest BCUT2D eigenvalue weighted by Crippen LogP contribution is 2.30. The molecular weight excluding hydrogens is 234 g/mol. The standard InChI is InChI=1S/C12H19N3OS/c1-5-17-6-2-10(1)15-9-14-7-11(15)12-8-13-3-4-16-12/h7,9-10,12-13H,1-6,8H2. The van der Waals surface area contributed by atoms with Crippen LogP contribution in [0.4, 0.5) is 0 Å². The number of hydrogen-bond donors (Lipinski definition) is 1. The summed E-state index contributed by atoms with van der Waals surface area (Å²) in [5.74, 6) is 2.54. The van der Waals surface area contributed by atoms with Crippen molar-refractivity contribution in [2.75, 3.05) is 31.2 Å². The first-order valence-electron chi connectivity index (χ1n) is 6.37. The largest absolute Gasteiger partial charge is 0.369 e. The van der Waals surface area contributed by atoms with E-state index in [-0.39, 0.29) is 6.10 Å². The lowest BCUT2D eigenvalue weighted by Crippen LogP contribution is -2.34. The molecule has 1 unspecified atom stereocenters. The van der Waals surface area contributed by atoms with Gasteiger partial charge in [0, 0.05) is 19.1 Å². The normalized spacial score (nSPS) is 27.2. The van der Waals surface area contributed by atoms with Gasteiger partial charge in [-0.1, -0.05) is 0 Å². The second-order valence-electron chi connectivity index (χ2n) is 4.63. The van der Waals surface area contributed by atoms with Gasteiger partial charge in [-0.05, 0) is 24.3 Å². The third-order valence-electron chi connectivity index (χ3n) is 3.54. The summed E-state index contributed by atoms with van der Waals surface area (Å²) in [6.07, 6.45) is 6.65. The van der Waals surface area contributed by atoms with Crippen LogP contribution >= 0.6 is 11.8 Å². The zero-order chi connectivity index (χ0) is 11.5. The van der Waals surface area contributed by atoms with Crippen LogP contribution in [0.15, 0.2) is 12.5 Å². The molecule has 0 bridgehead atoms. The third-order valence-corrected chi connectivity index (χ3v) is 4.59. The smallest absolute Gasteiger partial charge is 0.111 e. The highest BCUT2D eigenvalue weighted by molar-refractivity contribution is 7.99. The Morgan fingerprint density at radius 3 is 3.06 bits per heavy atom. The van der Waals surface area contributed by atoms with Gasteiger partial charge in [0.15, 0.2) is 0 Å². The van der Waals surface area contributed by atoms with E-state index < -0.39 is 0 Å². The van der Waals surface area contributed by atoms with Gasteiger partial charge in [0.1, 0.15) is 6.10 Å². The van der Waals surface area contributed by atoms with E-state index in [1.807, 2.05) is 12.5 Å². The van der Waals surface area contributed by atoms with Crippen LogP contribution in [0.5, 0.6) is 0 Å². The topological polar surface area (TPSA) is 39.1 Å². The van der Waals surface area contributed by atoms with Gasteiger partial charge in [-0.25, -0.2) is 4.98 Å². The zero-order valence-corrected chi connectivity index (χ0v) is 10.8. The first-order valence-corrected chi connectivity index (χ1v) is 7.52. The van der Waals surface area contributed by atoms with Gasteiger partial charge in [0.2, 0.25) is 0 Å². The molecule has 17 heavy (non-hydrogen) atoms. The number of nitrogens with one attached hydrogen (secondary N) is 1. The first kappa shape index (κ1) is 11.6. The van der Waals surface area contributed by atoms with Crippen molar-refractivity contribution in [1.82, 2.24) is 14.9 Å². The minimum atomic E-state index is 0.181. The van der Waals surface area contributed by atoms with Crippen molar-refractivity contribution in [2.45, 2.75) is 25.0 Å². The maximum atomic E-state index is 5.83. The molecular formula is C12H19N3OS. The second-order valence-corrected chi connectivity index (χ2v) is 5.86. The van der Waals surface area contributed by atoms with Gasteiger partial charge in [0.05, 0.1) is 24.8 Å². The summed E-state index contributed by atoms with van der Waals surface area (Å²) in [6, 6.07) is 0.624. The molecule has 0 radical (unpaired) electrons. The lowest BCUT2D eigenvalue weighted by Gasteiger charge is -2.29. The van der Waals surface area contributed by atoms with Crippen LogP contribution in [0.1, 0.15) is 30.7 Å². The van der Waals surface area contributed by atoms with Crippen LogP contribution in [0.25, 0.3) is 0 Å². The zero-order valence-electron chi connectivity index (χ0n) is 9.97. The summed E-state index contributed by atoms with van der Waals surface area (Å²) in [6.45, 7) is 2.67. The maximum absolute atomic E-state index is 5.83. The Kier molecular flexibility index (Phi) is 3.68. The van der Waals surface area contributed by atoms with Gasteiger partial charge < -0.3 is 14.6 Å². The van der Waals surface area contributed by atoms with Gasteiger partial charge >= 0.3 is 0 Å². The van der Waals surface area contributed by atoms with E-state index in [1.165, 1.54) is 30.0 Å². The number of rotatable bonds is 2. The maximum Gasteiger partial charge on any atom is 0.111 e. The molecule has 3 rings (SSSR count). The summed E-state index contributed by atoms with van der Waals surface area (Å²) in [5, 5.41) is 3.38. The monoisotopic (exact) mass is 253 g/mol. The molecule has 0 spiro atoms. The van der Waals surface area contributed by atoms with E-state index in [0.29, 0.717) is 6.04 Å². The summed E-state index contributed by atoms with van der Waals surface area (Å²) in [5.41, 5.74) is 1.24. The molecule has 2 aliphatic rings. The molecule has 2 fully saturated rings. The van der Waals surface area contributed by atoms with E-state index >= 15 is 0 Å². The van der Waals surface area contributed by atoms with E-state index in [9.17, 15) is 0 Å². The molecule has 1 aromatic rings. The van der Waals surface area contributed by atoms with Gasteiger partial charge in [0.25, 0.3) is 0 Å². The summed E-state index contributed by atoms with van der Waals surface area (Å²) in [7, 11) is 0. The lowest BCUT2D eigenvalue weighted by atomic mass is 10.1. The number of ether oxygens (including phenoxy) is 1. The van der Waals surface area contributed by atoms with Crippen molar-refractivity contribution >= 4 is 11.8 Å². The summed E-state index contributed by atoms with van der Waals surface area (Å²) >= 11 is 2.06. The Labute approximate surface area is 106 Å². The van der Waals surface area contributed by atoms with Crippen molar-refractivity contribution in [1.29, 1.82) is 0 Å². The Morgan fingerprint density at radius 1 is 1.41 bits per heavy atom. The summed E-state index contributed by atoms with van der Waals surface area (Å²) in [4.78, 5) is 4.32. The fourth-order valence-corrected chi connectivity index (χ4v) is 3.67. The highest BCUT2D eigenvalue weighted by Gasteiger charge is 2.24. The predicted molar refractivity (Wildman–Crippen MR) is 69.4 cm³/mol. The highest BCUT2D eigenvalue weighted by atomic mass is 32.2. The van der Waals surface area contributed by atoms with Gasteiger partial charge in [-0.15, -0.1) is 0 Å². The molecule has 94 valence electrons. The fraction of sp³-hybridized carbons (Fsp3) is 0.750. The SMILES string of the molecule is c1ncn(C2CCSCC2)c1C1CNCCO1. The Bertz CT molecular complexity index is 324. The number of hydrogen-bond acceptors (Lipinski definition) is 4. The van der Waals surface area contributed by atoms with Gasteiger partial charge in [-0.2, -0.15) is 11.8 Å². The average Bonchev–Trinajstić information content (AvgIpc) is 2.90. The van der Waals surface area contributed by atoms with E-state index in [1.54, 1.807) is 0 Å². The Balaban J connectivity index is 1.77. The van der Waals surface area contributed by atoms with Crippen LogP contribution in [-0.2, 0) is 4.74 Å². The second kappa shape index (κ2) is 5.42. The van der Waals surface area contributed by atoms with Crippen LogP contribution in [-0.4, -0.2) is 40.8 Å². The number of imidazole rings is 1. The molecule has 2 aliphatic heterocycles. The lowest BCUT2D eigenvalue weighted by molar-refractivity contribution is 0.0218. The Hall–Kier alpha value is -0.520. The van der Waals surface area contributed by atoms with Crippen molar-refractivity contribution in [3.05, 3.63) is 18.2 Å². The van der Waals surface area contributed by atoms with Crippen molar-refractivity contribution in [3.8, 4) is 0 Å². The van der Waals surface area contributed by atoms with Gasteiger partial charge in [-0.3, -0.25) is 0 Å². The molecule has 1 atom stereocenters. The number of aromatic nitrogens is 2. The van der Waals surface area contributed by atoms with Crippen molar-refractivity contribution in [3.63, 3.8) is 0 Å². The number of nitrogens with zero attached hydrogens (tertiary/aromatic N) is 2. The first-order chi connectivity index (χ1) is 8.45. The number of morpholine rings is 1. The van der Waals surface area contributed by atoms with E-state index in [0.717, 1.165) is 19.7 Å². The molecule has 0 saturated carbocycles. The molecule has 3 heterocycles. The van der Waals surface area contributed by atoms with Crippen molar-refractivity contribution < 1.29 is 4.74 Å². The van der Waals surface area contributed by atoms with E-state index in [4.69, 9.17) is 4.74 Å². The quantitative estimate of drug-likeness (QED) is 0.869. The molecule has 0 aliphatic carbocycles. The van der Waals surface area contributed by atoms with Crippen LogP contribution in [0.2, 0.25) is 0 Å². The molecule has 1 aromatic heterocycles. The molecule has 0 amide bonds. The van der Waals surface area contributed by atoms with E-state index in [2.05, 4.69) is 26.6 Å². The molecule has 4 nitrogen and oxygen atoms in total. The van der Waals surface area contributed by atoms with Crippen LogP contribution < -0.4 is 5.32 Å².